The maximum atomic E-state index is 13.2. The molecule has 0 bridgehead atoms. The molecule has 170 valence electrons. The molecule has 1 aliphatic rings. The fraction of sp³-hybridized carbons (Fsp3) is 0.231. The number of carbonyl (C=O) groups excluding carboxylic acids is 2. The predicted octanol–water partition coefficient (Wildman–Crippen LogP) is 5.36. The van der Waals surface area contributed by atoms with Crippen LogP contribution in [0.4, 0.5) is 16.2 Å². The van der Waals surface area contributed by atoms with Crippen LogP contribution in [0.5, 0.6) is 5.75 Å². The van der Waals surface area contributed by atoms with Crippen LogP contribution in [0.15, 0.2) is 72.8 Å². The molecular weight excluding hydrogens is 438 g/mol. The number of methoxy groups -OCH3 is 1. The minimum absolute atomic E-state index is 0.0668. The van der Waals surface area contributed by atoms with Crippen molar-refractivity contribution < 1.29 is 14.3 Å². The van der Waals surface area contributed by atoms with Crippen molar-refractivity contribution in [1.29, 1.82) is 0 Å². The second-order valence-corrected chi connectivity index (χ2v) is 8.33. The number of hydrogen-bond donors (Lipinski definition) is 1. The maximum Gasteiger partial charge on any atom is 0.324 e. The minimum atomic E-state index is -0.123. The van der Waals surface area contributed by atoms with Gasteiger partial charge in [-0.05, 0) is 53.9 Å². The molecule has 3 aromatic rings. The number of anilines is 2. The smallest absolute Gasteiger partial charge is 0.324 e. The summed E-state index contributed by atoms with van der Waals surface area (Å²) in [7, 11) is 1.61. The van der Waals surface area contributed by atoms with Crippen molar-refractivity contribution in [2.75, 3.05) is 30.4 Å². The summed E-state index contributed by atoms with van der Waals surface area (Å²) in [6, 6.07) is 22.3. The van der Waals surface area contributed by atoms with Crippen LogP contribution in [0.25, 0.3) is 0 Å². The van der Waals surface area contributed by atoms with E-state index in [4.69, 9.17) is 16.3 Å². The Balaban J connectivity index is 1.42. The summed E-state index contributed by atoms with van der Waals surface area (Å²) in [5.41, 5.74) is 3.23. The van der Waals surface area contributed by atoms with Crippen molar-refractivity contribution in [2.24, 2.45) is 0 Å². The quantitative estimate of drug-likeness (QED) is 0.513. The van der Waals surface area contributed by atoms with Crippen LogP contribution in [0.2, 0.25) is 5.02 Å². The Hall–Kier alpha value is -3.51. The molecule has 0 atom stereocenters. The lowest BCUT2D eigenvalue weighted by Gasteiger charge is -2.36. The van der Waals surface area contributed by atoms with E-state index in [1.807, 2.05) is 72.8 Å². The standard InChI is InChI=1S/C26H26ClN3O3/c1-33-23-12-10-19(11-13-23)16-25(31)28-21-7-4-8-22(17-21)30-15-5-14-29(26(30)32)18-20-6-2-3-9-24(20)27/h2-4,6-13,17H,5,14-16,18H2,1H3,(H,28,31). The second kappa shape index (κ2) is 10.4. The number of benzene rings is 3. The van der Waals surface area contributed by atoms with Gasteiger partial charge in [0.1, 0.15) is 5.75 Å². The van der Waals surface area contributed by atoms with E-state index in [1.54, 1.807) is 16.9 Å². The lowest BCUT2D eigenvalue weighted by molar-refractivity contribution is -0.115. The van der Waals surface area contributed by atoms with Gasteiger partial charge in [0.25, 0.3) is 0 Å². The number of rotatable bonds is 7. The normalized spacial score (nSPS) is 13.7. The SMILES string of the molecule is COc1ccc(CC(=O)Nc2cccc(N3CCCN(Cc4ccccc4Cl)C3=O)c2)cc1. The summed E-state index contributed by atoms with van der Waals surface area (Å²) < 4.78 is 5.15. The van der Waals surface area contributed by atoms with Crippen molar-refractivity contribution in [3.8, 4) is 5.75 Å². The van der Waals surface area contributed by atoms with Gasteiger partial charge < -0.3 is 15.0 Å². The molecule has 1 aliphatic heterocycles. The Kier molecular flexibility index (Phi) is 7.15. The highest BCUT2D eigenvalue weighted by Gasteiger charge is 2.27. The average Bonchev–Trinajstić information content (AvgIpc) is 2.82. The van der Waals surface area contributed by atoms with Crippen LogP contribution in [0.3, 0.4) is 0 Å². The molecule has 0 aliphatic carbocycles. The summed E-state index contributed by atoms with van der Waals surface area (Å²) >= 11 is 6.29. The Morgan fingerprint density at radius 2 is 1.82 bits per heavy atom. The van der Waals surface area contributed by atoms with Crippen LogP contribution in [0, 0.1) is 0 Å². The van der Waals surface area contributed by atoms with Crippen molar-refractivity contribution in [3.63, 3.8) is 0 Å². The summed E-state index contributed by atoms with van der Waals surface area (Å²) in [4.78, 5) is 29.3. The third kappa shape index (κ3) is 5.65. The maximum absolute atomic E-state index is 13.2. The van der Waals surface area contributed by atoms with E-state index >= 15 is 0 Å². The lowest BCUT2D eigenvalue weighted by Crippen LogP contribution is -2.49. The first kappa shape index (κ1) is 22.7. The molecule has 0 saturated carbocycles. The molecular formula is C26H26ClN3O3. The summed E-state index contributed by atoms with van der Waals surface area (Å²) in [6.07, 6.45) is 1.10. The Morgan fingerprint density at radius 1 is 1.03 bits per heavy atom. The van der Waals surface area contributed by atoms with Gasteiger partial charge in [-0.1, -0.05) is 48.0 Å². The van der Waals surface area contributed by atoms with Crippen LogP contribution in [-0.4, -0.2) is 37.0 Å². The molecule has 3 aromatic carbocycles. The Labute approximate surface area is 198 Å². The first-order chi connectivity index (χ1) is 16.0. The van der Waals surface area contributed by atoms with Crippen molar-refractivity contribution in [1.82, 2.24) is 4.90 Å². The third-order valence-electron chi connectivity index (χ3n) is 5.60. The van der Waals surface area contributed by atoms with Crippen LogP contribution in [-0.2, 0) is 17.8 Å². The molecule has 1 saturated heterocycles. The first-order valence-corrected chi connectivity index (χ1v) is 11.2. The van der Waals surface area contributed by atoms with Gasteiger partial charge in [0, 0.05) is 36.0 Å². The molecule has 0 aromatic heterocycles. The van der Waals surface area contributed by atoms with Crippen LogP contribution in [0.1, 0.15) is 17.5 Å². The van der Waals surface area contributed by atoms with Gasteiger partial charge in [0.2, 0.25) is 5.91 Å². The zero-order valence-corrected chi connectivity index (χ0v) is 19.2. The third-order valence-corrected chi connectivity index (χ3v) is 5.96. The zero-order valence-electron chi connectivity index (χ0n) is 18.5. The molecule has 0 radical (unpaired) electrons. The number of amides is 3. The van der Waals surface area contributed by atoms with E-state index in [-0.39, 0.29) is 18.4 Å². The number of halogens is 1. The first-order valence-electron chi connectivity index (χ1n) is 10.9. The molecule has 1 fully saturated rings. The molecule has 33 heavy (non-hydrogen) atoms. The summed E-state index contributed by atoms with van der Waals surface area (Å²) in [5.74, 6) is 0.629. The van der Waals surface area contributed by atoms with E-state index in [0.29, 0.717) is 30.3 Å². The second-order valence-electron chi connectivity index (χ2n) is 7.92. The van der Waals surface area contributed by atoms with E-state index in [2.05, 4.69) is 5.32 Å². The van der Waals surface area contributed by atoms with Crippen LogP contribution < -0.4 is 15.0 Å². The Morgan fingerprint density at radius 3 is 2.58 bits per heavy atom. The van der Waals surface area contributed by atoms with Gasteiger partial charge in [-0.25, -0.2) is 4.79 Å². The number of nitrogens with one attached hydrogen (secondary N) is 1. The van der Waals surface area contributed by atoms with Gasteiger partial charge in [0.05, 0.1) is 13.5 Å². The highest BCUT2D eigenvalue weighted by atomic mass is 35.5. The molecule has 1 N–H and O–H groups in total. The average molecular weight is 464 g/mol. The van der Waals surface area contributed by atoms with Crippen LogP contribution >= 0.6 is 11.6 Å². The molecule has 0 spiro atoms. The fourth-order valence-electron chi connectivity index (χ4n) is 3.89. The lowest BCUT2D eigenvalue weighted by atomic mass is 10.1. The molecule has 3 amide bonds. The van der Waals surface area contributed by atoms with Crippen molar-refractivity contribution in [2.45, 2.75) is 19.4 Å². The highest BCUT2D eigenvalue weighted by Crippen LogP contribution is 2.26. The molecule has 1 heterocycles. The van der Waals surface area contributed by atoms with Gasteiger partial charge in [-0.3, -0.25) is 9.69 Å². The van der Waals surface area contributed by atoms with Gasteiger partial charge >= 0.3 is 6.03 Å². The van der Waals surface area contributed by atoms with E-state index < -0.39 is 0 Å². The molecule has 7 heteroatoms. The van der Waals surface area contributed by atoms with Gasteiger partial charge in [0.15, 0.2) is 0 Å². The highest BCUT2D eigenvalue weighted by molar-refractivity contribution is 6.31. The largest absolute Gasteiger partial charge is 0.497 e. The van der Waals surface area contributed by atoms with Crippen molar-refractivity contribution in [3.05, 3.63) is 88.9 Å². The van der Waals surface area contributed by atoms with E-state index in [1.165, 1.54) is 0 Å². The number of hydrogen-bond acceptors (Lipinski definition) is 3. The minimum Gasteiger partial charge on any atom is -0.497 e. The van der Waals surface area contributed by atoms with E-state index in [0.717, 1.165) is 29.0 Å². The molecule has 4 rings (SSSR count). The summed E-state index contributed by atoms with van der Waals surface area (Å²) in [6.45, 7) is 1.77. The predicted molar refractivity (Wildman–Crippen MR) is 131 cm³/mol. The number of ether oxygens (including phenoxy) is 1. The van der Waals surface area contributed by atoms with Gasteiger partial charge in [-0.2, -0.15) is 0 Å². The fourth-order valence-corrected chi connectivity index (χ4v) is 4.08. The number of urea groups is 1. The molecule has 0 unspecified atom stereocenters. The monoisotopic (exact) mass is 463 g/mol. The van der Waals surface area contributed by atoms with Crippen molar-refractivity contribution >= 4 is 34.9 Å². The Bertz CT molecular complexity index is 1130. The van der Waals surface area contributed by atoms with E-state index in [9.17, 15) is 9.59 Å². The number of nitrogens with zero attached hydrogens (tertiary/aromatic N) is 2. The van der Waals surface area contributed by atoms with Gasteiger partial charge in [-0.15, -0.1) is 0 Å². The zero-order chi connectivity index (χ0) is 23.2. The summed E-state index contributed by atoms with van der Waals surface area (Å²) in [5, 5.41) is 3.59. The topological polar surface area (TPSA) is 61.9 Å². The molecule has 6 nitrogen and oxygen atoms in total. The number of carbonyl (C=O) groups is 2.